The van der Waals surface area contributed by atoms with E-state index in [9.17, 15) is 8.78 Å². The van der Waals surface area contributed by atoms with Crippen molar-refractivity contribution in [3.8, 4) is 0 Å². The van der Waals surface area contributed by atoms with Crippen molar-refractivity contribution < 1.29 is 8.78 Å². The number of hydrogen-bond donors (Lipinski definition) is 0. The lowest BCUT2D eigenvalue weighted by Crippen LogP contribution is -1.81. The molecule has 0 heterocycles. The van der Waals surface area contributed by atoms with Crippen molar-refractivity contribution in [3.63, 3.8) is 0 Å². The van der Waals surface area contributed by atoms with Crippen LogP contribution in [-0.4, -0.2) is 0 Å². The first-order valence-corrected chi connectivity index (χ1v) is 2.73. The third-order valence-electron chi connectivity index (χ3n) is 0.894. The lowest BCUT2D eigenvalue weighted by molar-refractivity contribution is 0.566. The Morgan fingerprint density at radius 1 is 1.22 bits per heavy atom. The molecule has 0 aliphatic rings. The third-order valence-corrected chi connectivity index (χ3v) is 1.23. The van der Waals surface area contributed by atoms with E-state index in [1.165, 1.54) is 6.07 Å². The Kier molecular flexibility index (Phi) is 1.62. The first-order valence-electron chi connectivity index (χ1n) is 2.32. The van der Waals surface area contributed by atoms with Crippen LogP contribution in [0.2, 0.25) is 0 Å². The Hall–Kier alpha value is -0.700. The molecule has 0 radical (unpaired) electrons. The summed E-state index contributed by atoms with van der Waals surface area (Å²) in [5, 5.41) is 0. The molecule has 1 aromatic rings. The third kappa shape index (κ3) is 1.36. The van der Waals surface area contributed by atoms with Crippen molar-refractivity contribution in [2.75, 3.05) is 0 Å². The first-order chi connectivity index (χ1) is 4.20. The van der Waals surface area contributed by atoms with Gasteiger partial charge in [-0.15, -0.1) is 4.90 Å². The van der Waals surface area contributed by atoms with Crippen molar-refractivity contribution >= 4 is 12.6 Å². The van der Waals surface area contributed by atoms with Gasteiger partial charge in [-0.2, -0.15) is 0 Å². The van der Waals surface area contributed by atoms with Gasteiger partial charge in [-0.25, -0.2) is 8.78 Å². The number of hydrogen-bond acceptors (Lipinski definition) is 1. The molecule has 1 aromatic carbocycles. The summed E-state index contributed by atoms with van der Waals surface area (Å²) in [5.74, 6) is -1.27. The molecular formula is C6H3F2S-. The predicted octanol–water partition coefficient (Wildman–Crippen LogP) is 1.87. The quantitative estimate of drug-likeness (QED) is 0.502. The summed E-state index contributed by atoms with van der Waals surface area (Å²) in [5.41, 5.74) is 0. The van der Waals surface area contributed by atoms with E-state index in [-0.39, 0.29) is 4.90 Å². The molecule has 0 saturated carbocycles. The molecule has 0 unspecified atom stereocenters. The second kappa shape index (κ2) is 2.27. The van der Waals surface area contributed by atoms with E-state index in [4.69, 9.17) is 0 Å². The van der Waals surface area contributed by atoms with E-state index in [0.29, 0.717) is 0 Å². The van der Waals surface area contributed by atoms with Gasteiger partial charge in [0.05, 0.1) is 0 Å². The van der Waals surface area contributed by atoms with Crippen molar-refractivity contribution in [2.45, 2.75) is 4.90 Å². The summed E-state index contributed by atoms with van der Waals surface area (Å²) in [6.45, 7) is 0. The van der Waals surface area contributed by atoms with E-state index in [0.717, 1.165) is 12.1 Å². The van der Waals surface area contributed by atoms with Crippen LogP contribution >= 0.6 is 0 Å². The molecular weight excluding hydrogens is 142 g/mol. The molecule has 1 rings (SSSR count). The summed E-state index contributed by atoms with van der Waals surface area (Å²) >= 11 is 4.47. The van der Waals surface area contributed by atoms with Crippen LogP contribution in [0.5, 0.6) is 0 Å². The molecule has 0 nitrogen and oxygen atoms in total. The molecule has 0 N–H and O–H groups in total. The van der Waals surface area contributed by atoms with Gasteiger partial charge in [-0.05, 0) is 6.07 Å². The van der Waals surface area contributed by atoms with Crippen LogP contribution in [0.3, 0.4) is 0 Å². The number of rotatable bonds is 0. The minimum atomic E-state index is -0.676. The predicted molar refractivity (Wildman–Crippen MR) is 32.0 cm³/mol. The van der Waals surface area contributed by atoms with Crippen LogP contribution in [0.1, 0.15) is 0 Å². The zero-order chi connectivity index (χ0) is 6.85. The van der Waals surface area contributed by atoms with Gasteiger partial charge in [0.25, 0.3) is 0 Å². The van der Waals surface area contributed by atoms with Crippen LogP contribution in [0.15, 0.2) is 23.1 Å². The van der Waals surface area contributed by atoms with E-state index in [1.54, 1.807) is 0 Å². The van der Waals surface area contributed by atoms with Crippen molar-refractivity contribution in [3.05, 3.63) is 29.8 Å². The topological polar surface area (TPSA) is 0 Å². The van der Waals surface area contributed by atoms with Gasteiger partial charge in [0.1, 0.15) is 11.6 Å². The van der Waals surface area contributed by atoms with Crippen molar-refractivity contribution in [1.29, 1.82) is 0 Å². The van der Waals surface area contributed by atoms with E-state index in [1.807, 2.05) is 0 Å². The van der Waals surface area contributed by atoms with E-state index in [2.05, 4.69) is 12.6 Å². The van der Waals surface area contributed by atoms with Gasteiger partial charge in [-0.3, -0.25) is 0 Å². The van der Waals surface area contributed by atoms with Gasteiger partial charge in [0.15, 0.2) is 0 Å². The monoisotopic (exact) mass is 145 g/mol. The van der Waals surface area contributed by atoms with Gasteiger partial charge >= 0.3 is 0 Å². The van der Waals surface area contributed by atoms with E-state index < -0.39 is 11.6 Å². The molecule has 0 aromatic heterocycles. The Balaban J connectivity index is 3.17. The molecule has 48 valence electrons. The molecule has 3 heteroatoms. The van der Waals surface area contributed by atoms with Crippen LogP contribution < -0.4 is 0 Å². The highest BCUT2D eigenvalue weighted by molar-refractivity contribution is 7.58. The number of halogens is 2. The smallest absolute Gasteiger partial charge is 0.126 e. The summed E-state index contributed by atoms with van der Waals surface area (Å²) < 4.78 is 24.3. The lowest BCUT2D eigenvalue weighted by Gasteiger charge is -2.04. The average Bonchev–Trinajstić information content (AvgIpc) is 1.80. The maximum Gasteiger partial charge on any atom is 0.126 e. The van der Waals surface area contributed by atoms with Crippen molar-refractivity contribution in [1.82, 2.24) is 0 Å². The maximum absolute atomic E-state index is 12.2. The Morgan fingerprint density at radius 2 is 1.89 bits per heavy atom. The van der Waals surface area contributed by atoms with Crippen LogP contribution in [0.25, 0.3) is 0 Å². The highest BCUT2D eigenvalue weighted by Gasteiger charge is 1.90. The zero-order valence-corrected chi connectivity index (χ0v) is 5.21. The summed E-state index contributed by atoms with van der Waals surface area (Å²) in [6, 6.07) is 3.12. The minimum absolute atomic E-state index is 0.0522. The fourth-order valence-corrected chi connectivity index (χ4v) is 0.602. The SMILES string of the molecule is Fc1ccc([S-])c(F)c1. The van der Waals surface area contributed by atoms with Crippen LogP contribution in [0.4, 0.5) is 8.78 Å². The standard InChI is InChI=1S/C6H4F2S/c7-4-1-2-6(9)5(8)3-4/h1-3,9H/p-1. The molecule has 0 amide bonds. The molecule has 0 spiro atoms. The van der Waals surface area contributed by atoms with E-state index >= 15 is 0 Å². The normalized spacial score (nSPS) is 9.56. The molecule has 0 aliphatic carbocycles. The lowest BCUT2D eigenvalue weighted by atomic mass is 10.3. The highest BCUT2D eigenvalue weighted by Crippen LogP contribution is 2.07. The Morgan fingerprint density at radius 3 is 2.33 bits per heavy atom. The van der Waals surface area contributed by atoms with Crippen LogP contribution in [-0.2, 0) is 12.6 Å². The zero-order valence-electron chi connectivity index (χ0n) is 4.40. The maximum atomic E-state index is 12.2. The van der Waals surface area contributed by atoms with Gasteiger partial charge in [-0.1, -0.05) is 6.07 Å². The molecule has 0 aliphatic heterocycles. The second-order valence-corrected chi connectivity index (χ2v) is 2.01. The summed E-state index contributed by atoms with van der Waals surface area (Å²) in [4.78, 5) is 0.0522. The summed E-state index contributed by atoms with van der Waals surface area (Å²) in [6.07, 6.45) is 0. The molecule has 0 atom stereocenters. The fraction of sp³-hybridized carbons (Fsp3) is 0. The van der Waals surface area contributed by atoms with Crippen molar-refractivity contribution in [2.24, 2.45) is 0 Å². The molecule has 0 saturated heterocycles. The molecule has 0 fully saturated rings. The Labute approximate surface area is 56.9 Å². The minimum Gasteiger partial charge on any atom is -0.777 e. The molecule has 9 heavy (non-hydrogen) atoms. The van der Waals surface area contributed by atoms with Gasteiger partial charge in [0.2, 0.25) is 0 Å². The second-order valence-electron chi connectivity index (χ2n) is 1.57. The largest absolute Gasteiger partial charge is 0.777 e. The van der Waals surface area contributed by atoms with Crippen LogP contribution in [0, 0.1) is 11.6 Å². The Bertz CT molecular complexity index is 222. The first kappa shape index (κ1) is 6.42. The van der Waals surface area contributed by atoms with Gasteiger partial charge in [0, 0.05) is 6.07 Å². The highest BCUT2D eigenvalue weighted by atomic mass is 32.1. The molecule has 0 bridgehead atoms. The summed E-state index contributed by atoms with van der Waals surface area (Å²) in [7, 11) is 0. The van der Waals surface area contributed by atoms with Gasteiger partial charge < -0.3 is 12.6 Å². The fourth-order valence-electron chi connectivity index (χ4n) is 0.475. The average molecular weight is 145 g/mol. The number of benzene rings is 1.